The Morgan fingerprint density at radius 1 is 1.58 bits per heavy atom. The lowest BCUT2D eigenvalue weighted by atomic mass is 10.1. The van der Waals surface area contributed by atoms with Gasteiger partial charge in [-0.15, -0.1) is 0 Å². The second kappa shape index (κ2) is 5.40. The number of aliphatic carboxylic acids is 1. The van der Waals surface area contributed by atoms with E-state index in [-0.39, 0.29) is 12.3 Å². The van der Waals surface area contributed by atoms with Crippen molar-refractivity contribution in [1.82, 2.24) is 5.32 Å². The first-order chi connectivity index (χ1) is 5.56. The number of hydrogen-bond acceptors (Lipinski definition) is 3. The van der Waals surface area contributed by atoms with Crippen LogP contribution in [0.3, 0.4) is 0 Å². The zero-order valence-electron chi connectivity index (χ0n) is 7.16. The van der Waals surface area contributed by atoms with Crippen LogP contribution in [0.5, 0.6) is 0 Å². The van der Waals surface area contributed by atoms with Crippen molar-refractivity contribution < 1.29 is 19.4 Å². The maximum atomic E-state index is 10.5. The highest BCUT2D eigenvalue weighted by molar-refractivity contribution is 5.68. The summed E-state index contributed by atoms with van der Waals surface area (Å²) in [7, 11) is 1.26. The number of amides is 1. The predicted octanol–water partition coefficient (Wildman–Crippen LogP) is 0.453. The molecule has 0 aromatic rings. The van der Waals surface area contributed by atoms with Crippen molar-refractivity contribution in [3.05, 3.63) is 0 Å². The molecule has 5 heteroatoms. The van der Waals surface area contributed by atoms with Gasteiger partial charge in [0, 0.05) is 13.0 Å². The number of methoxy groups -OCH3 is 1. The van der Waals surface area contributed by atoms with E-state index in [1.54, 1.807) is 6.92 Å². The van der Waals surface area contributed by atoms with E-state index in [2.05, 4.69) is 10.1 Å². The van der Waals surface area contributed by atoms with Crippen LogP contribution in [0.15, 0.2) is 0 Å². The second-order valence-corrected chi connectivity index (χ2v) is 2.58. The summed E-state index contributed by atoms with van der Waals surface area (Å²) < 4.78 is 4.31. The highest BCUT2D eigenvalue weighted by Gasteiger charge is 2.08. The molecular formula is C7H13NO4. The Labute approximate surface area is 70.7 Å². The Morgan fingerprint density at radius 2 is 2.17 bits per heavy atom. The third kappa shape index (κ3) is 5.52. The zero-order valence-corrected chi connectivity index (χ0v) is 7.16. The van der Waals surface area contributed by atoms with Gasteiger partial charge in [-0.05, 0) is 5.92 Å². The van der Waals surface area contributed by atoms with Crippen LogP contribution in [0, 0.1) is 5.92 Å². The average Bonchev–Trinajstić information content (AvgIpc) is 1.99. The Hall–Kier alpha value is -1.26. The Balaban J connectivity index is 3.50. The van der Waals surface area contributed by atoms with Crippen molar-refractivity contribution in [2.24, 2.45) is 5.92 Å². The van der Waals surface area contributed by atoms with Gasteiger partial charge in [-0.1, -0.05) is 6.92 Å². The molecule has 0 rings (SSSR count). The van der Waals surface area contributed by atoms with E-state index < -0.39 is 12.1 Å². The standard InChI is InChI=1S/C7H13NO4/c1-5(3-6(9)10)4-8-7(11)12-2/h5H,3-4H2,1-2H3,(H,8,11)(H,9,10). The van der Waals surface area contributed by atoms with Gasteiger partial charge in [-0.3, -0.25) is 4.79 Å². The molecular weight excluding hydrogens is 162 g/mol. The van der Waals surface area contributed by atoms with Gasteiger partial charge in [0.2, 0.25) is 0 Å². The molecule has 0 aromatic carbocycles. The number of carbonyl (C=O) groups excluding carboxylic acids is 1. The molecule has 0 radical (unpaired) electrons. The third-order valence-electron chi connectivity index (χ3n) is 1.30. The highest BCUT2D eigenvalue weighted by atomic mass is 16.5. The highest BCUT2D eigenvalue weighted by Crippen LogP contribution is 1.98. The molecule has 0 spiro atoms. The fraction of sp³-hybridized carbons (Fsp3) is 0.714. The quantitative estimate of drug-likeness (QED) is 0.650. The monoisotopic (exact) mass is 175 g/mol. The minimum absolute atomic E-state index is 0.0456. The number of alkyl carbamates (subject to hydrolysis) is 1. The predicted molar refractivity (Wildman–Crippen MR) is 41.8 cm³/mol. The van der Waals surface area contributed by atoms with E-state index in [1.165, 1.54) is 7.11 Å². The fourth-order valence-electron chi connectivity index (χ4n) is 0.700. The number of rotatable bonds is 4. The van der Waals surface area contributed by atoms with Crippen LogP contribution < -0.4 is 5.32 Å². The molecule has 0 fully saturated rings. The third-order valence-corrected chi connectivity index (χ3v) is 1.30. The normalized spacial score (nSPS) is 11.8. The van der Waals surface area contributed by atoms with Crippen LogP contribution in [-0.4, -0.2) is 30.8 Å². The molecule has 0 aliphatic rings. The summed E-state index contributed by atoms with van der Waals surface area (Å²) in [5.41, 5.74) is 0. The number of ether oxygens (including phenoxy) is 1. The number of carboxylic acid groups (broad SMARTS) is 1. The number of carboxylic acids is 1. The molecule has 12 heavy (non-hydrogen) atoms. The van der Waals surface area contributed by atoms with Crippen LogP contribution in [-0.2, 0) is 9.53 Å². The van der Waals surface area contributed by atoms with Gasteiger partial charge in [0.25, 0.3) is 0 Å². The molecule has 1 amide bonds. The largest absolute Gasteiger partial charge is 0.481 e. The molecule has 70 valence electrons. The van der Waals surface area contributed by atoms with Gasteiger partial charge >= 0.3 is 12.1 Å². The summed E-state index contributed by atoms with van der Waals surface area (Å²) in [5, 5.41) is 10.8. The van der Waals surface area contributed by atoms with E-state index in [9.17, 15) is 9.59 Å². The van der Waals surface area contributed by atoms with Gasteiger partial charge in [0.05, 0.1) is 7.11 Å². The van der Waals surface area contributed by atoms with Crippen LogP contribution >= 0.6 is 0 Å². The topological polar surface area (TPSA) is 75.6 Å². The van der Waals surface area contributed by atoms with Crippen molar-refractivity contribution in [3.63, 3.8) is 0 Å². The molecule has 0 bridgehead atoms. The van der Waals surface area contributed by atoms with Crippen molar-refractivity contribution in [1.29, 1.82) is 0 Å². The van der Waals surface area contributed by atoms with Gasteiger partial charge < -0.3 is 15.2 Å². The summed E-state index contributed by atoms with van der Waals surface area (Å²) in [6, 6.07) is 0. The van der Waals surface area contributed by atoms with Gasteiger partial charge in [0.15, 0.2) is 0 Å². The smallest absolute Gasteiger partial charge is 0.406 e. The molecule has 0 saturated heterocycles. The van der Waals surface area contributed by atoms with Crippen molar-refractivity contribution in [3.8, 4) is 0 Å². The Kier molecular flexibility index (Phi) is 4.83. The summed E-state index contributed by atoms with van der Waals surface area (Å²) >= 11 is 0. The maximum absolute atomic E-state index is 10.5. The molecule has 0 aliphatic carbocycles. The lowest BCUT2D eigenvalue weighted by Crippen LogP contribution is -2.28. The first kappa shape index (κ1) is 10.7. The van der Waals surface area contributed by atoms with Crippen LogP contribution in [0.25, 0.3) is 0 Å². The number of carbonyl (C=O) groups is 2. The summed E-state index contributed by atoms with van der Waals surface area (Å²) in [5.74, 6) is -0.948. The maximum Gasteiger partial charge on any atom is 0.406 e. The van der Waals surface area contributed by atoms with E-state index in [4.69, 9.17) is 5.11 Å². The van der Waals surface area contributed by atoms with Crippen LogP contribution in [0.2, 0.25) is 0 Å². The van der Waals surface area contributed by atoms with Crippen LogP contribution in [0.4, 0.5) is 4.79 Å². The fourth-order valence-corrected chi connectivity index (χ4v) is 0.700. The number of nitrogens with one attached hydrogen (secondary N) is 1. The van der Waals surface area contributed by atoms with E-state index >= 15 is 0 Å². The van der Waals surface area contributed by atoms with E-state index in [1.807, 2.05) is 0 Å². The van der Waals surface area contributed by atoms with E-state index in [0.29, 0.717) is 6.54 Å². The van der Waals surface area contributed by atoms with E-state index in [0.717, 1.165) is 0 Å². The molecule has 0 heterocycles. The second-order valence-electron chi connectivity index (χ2n) is 2.58. The molecule has 5 nitrogen and oxygen atoms in total. The lowest BCUT2D eigenvalue weighted by molar-refractivity contribution is -0.137. The Bertz CT molecular complexity index is 169. The first-order valence-corrected chi connectivity index (χ1v) is 3.60. The molecule has 0 aromatic heterocycles. The first-order valence-electron chi connectivity index (χ1n) is 3.60. The SMILES string of the molecule is COC(=O)NCC(C)CC(=O)O. The molecule has 1 atom stereocenters. The lowest BCUT2D eigenvalue weighted by Gasteiger charge is -2.08. The summed E-state index contributed by atoms with van der Waals surface area (Å²) in [6.45, 7) is 2.06. The average molecular weight is 175 g/mol. The molecule has 2 N–H and O–H groups in total. The van der Waals surface area contributed by atoms with Gasteiger partial charge in [0.1, 0.15) is 0 Å². The minimum Gasteiger partial charge on any atom is -0.481 e. The number of hydrogen-bond donors (Lipinski definition) is 2. The summed E-state index contributed by atoms with van der Waals surface area (Å²) in [6.07, 6.45) is -0.489. The van der Waals surface area contributed by atoms with Crippen molar-refractivity contribution in [2.75, 3.05) is 13.7 Å². The zero-order chi connectivity index (χ0) is 9.56. The van der Waals surface area contributed by atoms with Crippen molar-refractivity contribution >= 4 is 12.1 Å². The molecule has 0 aliphatic heterocycles. The minimum atomic E-state index is -0.867. The van der Waals surface area contributed by atoms with Gasteiger partial charge in [-0.2, -0.15) is 0 Å². The summed E-state index contributed by atoms with van der Waals surface area (Å²) in [4.78, 5) is 20.7. The molecule has 0 saturated carbocycles. The molecule has 1 unspecified atom stereocenters. The van der Waals surface area contributed by atoms with Crippen molar-refractivity contribution in [2.45, 2.75) is 13.3 Å². The van der Waals surface area contributed by atoms with Crippen LogP contribution in [0.1, 0.15) is 13.3 Å². The van der Waals surface area contributed by atoms with Gasteiger partial charge in [-0.25, -0.2) is 4.79 Å². The Morgan fingerprint density at radius 3 is 2.58 bits per heavy atom.